The van der Waals surface area contributed by atoms with Crippen molar-refractivity contribution in [3.63, 3.8) is 0 Å². The molecule has 0 aliphatic heterocycles. The Kier molecular flexibility index (Phi) is 8.91. The van der Waals surface area contributed by atoms with Gasteiger partial charge in [0.05, 0.1) is 25.5 Å². The lowest BCUT2D eigenvalue weighted by molar-refractivity contribution is -0.119. The molecule has 35 heavy (non-hydrogen) atoms. The second-order valence-electron chi connectivity index (χ2n) is 7.03. The Labute approximate surface area is 206 Å². The van der Waals surface area contributed by atoms with Gasteiger partial charge in [-0.05, 0) is 54.6 Å². The number of halogens is 1. The number of para-hydroxylation sites is 2. The van der Waals surface area contributed by atoms with E-state index in [-0.39, 0.29) is 23.7 Å². The van der Waals surface area contributed by atoms with Crippen LogP contribution in [0.4, 0.5) is 11.4 Å². The Hall–Kier alpha value is -4.24. The molecule has 0 aromatic heterocycles. The number of carbonyl (C=O) groups excluding carboxylic acids is 3. The van der Waals surface area contributed by atoms with Crippen LogP contribution in [0.2, 0.25) is 5.02 Å². The molecule has 9 nitrogen and oxygen atoms in total. The van der Waals surface area contributed by atoms with Crippen molar-refractivity contribution in [3.8, 4) is 17.2 Å². The summed E-state index contributed by atoms with van der Waals surface area (Å²) in [6, 6.07) is 17.8. The summed E-state index contributed by atoms with van der Waals surface area (Å²) < 4.78 is 21.1. The van der Waals surface area contributed by atoms with E-state index in [0.29, 0.717) is 22.1 Å². The van der Waals surface area contributed by atoms with Gasteiger partial charge in [-0.3, -0.25) is 9.59 Å². The molecule has 0 bridgehead atoms. The maximum atomic E-state index is 12.4. The monoisotopic (exact) mass is 498 g/mol. The molecule has 0 aliphatic rings. The molecule has 0 saturated heterocycles. The maximum Gasteiger partial charge on any atom is 0.338 e. The van der Waals surface area contributed by atoms with Crippen LogP contribution in [0.5, 0.6) is 17.2 Å². The SMILES string of the molecule is COc1ccccc1NC(=O)COc1ccc(C(=O)OCC(=O)Nc2ccc(Cl)cc2)cc1OC. The Balaban J connectivity index is 1.54. The molecule has 2 amide bonds. The van der Waals surface area contributed by atoms with Crippen LogP contribution in [0.3, 0.4) is 0 Å². The lowest BCUT2D eigenvalue weighted by atomic mass is 10.2. The Bertz CT molecular complexity index is 1200. The third-order valence-corrected chi connectivity index (χ3v) is 4.85. The number of ether oxygens (including phenoxy) is 4. The molecule has 0 atom stereocenters. The van der Waals surface area contributed by atoms with Crippen molar-refractivity contribution >= 4 is 40.8 Å². The largest absolute Gasteiger partial charge is 0.495 e. The zero-order valence-corrected chi connectivity index (χ0v) is 19.8. The zero-order chi connectivity index (χ0) is 25.2. The minimum Gasteiger partial charge on any atom is -0.495 e. The number of hydrogen-bond acceptors (Lipinski definition) is 7. The van der Waals surface area contributed by atoms with E-state index >= 15 is 0 Å². The van der Waals surface area contributed by atoms with Crippen LogP contribution in [-0.4, -0.2) is 45.2 Å². The van der Waals surface area contributed by atoms with E-state index in [1.54, 1.807) is 48.5 Å². The van der Waals surface area contributed by atoms with E-state index in [1.165, 1.54) is 32.4 Å². The molecule has 0 fully saturated rings. The van der Waals surface area contributed by atoms with Crippen LogP contribution < -0.4 is 24.8 Å². The topological polar surface area (TPSA) is 112 Å². The van der Waals surface area contributed by atoms with E-state index in [0.717, 1.165) is 0 Å². The van der Waals surface area contributed by atoms with Gasteiger partial charge < -0.3 is 29.6 Å². The van der Waals surface area contributed by atoms with E-state index in [4.69, 9.17) is 30.5 Å². The Morgan fingerprint density at radius 3 is 2.17 bits per heavy atom. The van der Waals surface area contributed by atoms with Crippen LogP contribution in [0.1, 0.15) is 10.4 Å². The molecule has 0 saturated carbocycles. The first-order valence-corrected chi connectivity index (χ1v) is 10.7. The molecule has 0 radical (unpaired) electrons. The molecule has 10 heteroatoms. The number of amides is 2. The Morgan fingerprint density at radius 2 is 1.46 bits per heavy atom. The molecular formula is C25H23ClN2O7. The van der Waals surface area contributed by atoms with Crippen LogP contribution in [0.25, 0.3) is 0 Å². The number of benzene rings is 3. The fourth-order valence-electron chi connectivity index (χ4n) is 2.94. The van der Waals surface area contributed by atoms with Crippen molar-refractivity contribution in [1.29, 1.82) is 0 Å². The van der Waals surface area contributed by atoms with Crippen LogP contribution >= 0.6 is 11.6 Å². The molecule has 2 N–H and O–H groups in total. The van der Waals surface area contributed by atoms with Crippen molar-refractivity contribution in [2.75, 3.05) is 38.1 Å². The van der Waals surface area contributed by atoms with Gasteiger partial charge in [-0.1, -0.05) is 23.7 Å². The normalized spacial score (nSPS) is 10.1. The molecule has 0 heterocycles. The van der Waals surface area contributed by atoms with Crippen LogP contribution in [0.15, 0.2) is 66.7 Å². The number of esters is 1. The molecule has 0 unspecified atom stereocenters. The summed E-state index contributed by atoms with van der Waals surface area (Å²) in [5, 5.41) is 5.83. The highest BCUT2D eigenvalue weighted by Gasteiger charge is 2.15. The highest BCUT2D eigenvalue weighted by molar-refractivity contribution is 6.30. The van der Waals surface area contributed by atoms with E-state index in [2.05, 4.69) is 10.6 Å². The molecule has 3 aromatic rings. The number of anilines is 2. The lowest BCUT2D eigenvalue weighted by Gasteiger charge is -2.13. The van der Waals surface area contributed by atoms with Crippen molar-refractivity contribution in [1.82, 2.24) is 0 Å². The van der Waals surface area contributed by atoms with Gasteiger partial charge in [0.25, 0.3) is 11.8 Å². The van der Waals surface area contributed by atoms with Crippen molar-refractivity contribution < 1.29 is 33.3 Å². The Morgan fingerprint density at radius 1 is 0.771 bits per heavy atom. The summed E-state index contributed by atoms with van der Waals surface area (Å²) in [5.74, 6) is -0.659. The molecule has 0 aliphatic carbocycles. The fourth-order valence-corrected chi connectivity index (χ4v) is 3.06. The third-order valence-electron chi connectivity index (χ3n) is 4.60. The smallest absolute Gasteiger partial charge is 0.338 e. The first-order chi connectivity index (χ1) is 16.9. The summed E-state index contributed by atoms with van der Waals surface area (Å²) >= 11 is 5.81. The lowest BCUT2D eigenvalue weighted by Crippen LogP contribution is -2.21. The second-order valence-corrected chi connectivity index (χ2v) is 7.47. The number of carbonyl (C=O) groups is 3. The van der Waals surface area contributed by atoms with Crippen molar-refractivity contribution in [2.45, 2.75) is 0 Å². The minimum atomic E-state index is -0.727. The number of rotatable bonds is 10. The van der Waals surface area contributed by atoms with Gasteiger partial charge in [0.1, 0.15) is 5.75 Å². The van der Waals surface area contributed by atoms with Gasteiger partial charge in [0, 0.05) is 10.7 Å². The highest BCUT2D eigenvalue weighted by atomic mass is 35.5. The minimum absolute atomic E-state index is 0.145. The van der Waals surface area contributed by atoms with Gasteiger partial charge in [0.2, 0.25) is 0 Å². The fraction of sp³-hybridized carbons (Fsp3) is 0.160. The van der Waals surface area contributed by atoms with Gasteiger partial charge in [-0.25, -0.2) is 4.79 Å². The van der Waals surface area contributed by atoms with Crippen LogP contribution in [-0.2, 0) is 14.3 Å². The molecule has 182 valence electrons. The average Bonchev–Trinajstić information content (AvgIpc) is 2.87. The molecule has 0 spiro atoms. The highest BCUT2D eigenvalue weighted by Crippen LogP contribution is 2.29. The van der Waals surface area contributed by atoms with Gasteiger partial charge in [-0.15, -0.1) is 0 Å². The van der Waals surface area contributed by atoms with E-state index in [9.17, 15) is 14.4 Å². The zero-order valence-electron chi connectivity index (χ0n) is 19.0. The predicted molar refractivity (Wildman–Crippen MR) is 130 cm³/mol. The first kappa shape index (κ1) is 25.4. The number of methoxy groups -OCH3 is 2. The average molecular weight is 499 g/mol. The van der Waals surface area contributed by atoms with Crippen molar-refractivity contribution in [3.05, 3.63) is 77.3 Å². The third kappa shape index (κ3) is 7.38. The quantitative estimate of drug-likeness (QED) is 0.403. The maximum absolute atomic E-state index is 12.4. The van der Waals surface area contributed by atoms with Gasteiger partial charge in [0.15, 0.2) is 24.7 Å². The van der Waals surface area contributed by atoms with E-state index < -0.39 is 24.4 Å². The first-order valence-electron chi connectivity index (χ1n) is 10.4. The predicted octanol–water partition coefficient (Wildman–Crippen LogP) is 4.17. The summed E-state index contributed by atoms with van der Waals surface area (Å²) in [7, 11) is 2.90. The molecule has 3 aromatic carbocycles. The molecule has 3 rings (SSSR count). The number of hydrogen-bond donors (Lipinski definition) is 2. The summed E-state index contributed by atoms with van der Waals surface area (Å²) in [6.07, 6.45) is 0. The standard InChI is InChI=1S/C25H23ClN2O7/c1-32-20-6-4-3-5-19(20)28-24(30)14-34-21-12-7-16(13-22(21)33-2)25(31)35-15-23(29)27-18-10-8-17(26)9-11-18/h3-13H,14-15H2,1-2H3,(H,27,29)(H,28,30). The summed E-state index contributed by atoms with van der Waals surface area (Å²) in [6.45, 7) is -0.784. The van der Waals surface area contributed by atoms with Crippen LogP contribution in [0, 0.1) is 0 Å². The summed E-state index contributed by atoms with van der Waals surface area (Å²) in [4.78, 5) is 36.7. The molecular weight excluding hydrogens is 476 g/mol. The summed E-state index contributed by atoms with van der Waals surface area (Å²) in [5.41, 5.74) is 1.18. The second kappa shape index (κ2) is 12.3. The van der Waals surface area contributed by atoms with Crippen molar-refractivity contribution in [2.24, 2.45) is 0 Å². The van der Waals surface area contributed by atoms with E-state index in [1.807, 2.05) is 0 Å². The van der Waals surface area contributed by atoms with Gasteiger partial charge in [-0.2, -0.15) is 0 Å². The van der Waals surface area contributed by atoms with Gasteiger partial charge >= 0.3 is 5.97 Å². The number of nitrogens with one attached hydrogen (secondary N) is 2.